The summed E-state index contributed by atoms with van der Waals surface area (Å²) in [6.07, 6.45) is 5.59. The van der Waals surface area contributed by atoms with E-state index < -0.39 is 0 Å². The van der Waals surface area contributed by atoms with Crippen LogP contribution in [0.15, 0.2) is 18.2 Å². The number of nitrogens with two attached hydrogens (primary N) is 1. The van der Waals surface area contributed by atoms with Crippen molar-refractivity contribution in [3.8, 4) is 17.2 Å². The molecular weight excluding hydrogens is 242 g/mol. The SMILES string of the molecule is COc1cc(OC)cc(OCCC2(N)CCCC2)c1. The van der Waals surface area contributed by atoms with Crippen LogP contribution in [0.4, 0.5) is 0 Å². The van der Waals surface area contributed by atoms with Crippen molar-refractivity contribution in [2.24, 2.45) is 5.73 Å². The van der Waals surface area contributed by atoms with Gasteiger partial charge in [-0.05, 0) is 19.3 Å². The topological polar surface area (TPSA) is 53.7 Å². The molecular formula is C15H23NO3. The molecule has 0 heterocycles. The third-order valence-electron chi connectivity index (χ3n) is 3.79. The van der Waals surface area contributed by atoms with Gasteiger partial charge >= 0.3 is 0 Å². The van der Waals surface area contributed by atoms with Gasteiger partial charge in [0, 0.05) is 23.7 Å². The first kappa shape index (κ1) is 14.0. The van der Waals surface area contributed by atoms with Gasteiger partial charge in [0.15, 0.2) is 0 Å². The minimum atomic E-state index is -0.0248. The highest BCUT2D eigenvalue weighted by molar-refractivity contribution is 5.41. The molecule has 0 saturated heterocycles. The van der Waals surface area contributed by atoms with Gasteiger partial charge in [0.2, 0.25) is 0 Å². The highest BCUT2D eigenvalue weighted by atomic mass is 16.5. The molecule has 1 aliphatic carbocycles. The molecule has 1 aromatic carbocycles. The summed E-state index contributed by atoms with van der Waals surface area (Å²) >= 11 is 0. The van der Waals surface area contributed by atoms with E-state index in [4.69, 9.17) is 19.9 Å². The Hall–Kier alpha value is -1.42. The predicted octanol–water partition coefficient (Wildman–Crippen LogP) is 2.74. The van der Waals surface area contributed by atoms with Gasteiger partial charge in [-0.2, -0.15) is 0 Å². The van der Waals surface area contributed by atoms with Crippen molar-refractivity contribution in [1.29, 1.82) is 0 Å². The second kappa shape index (κ2) is 6.15. The summed E-state index contributed by atoms with van der Waals surface area (Å²) in [7, 11) is 3.26. The van der Waals surface area contributed by atoms with Gasteiger partial charge in [-0.1, -0.05) is 12.8 Å². The average Bonchev–Trinajstić information content (AvgIpc) is 2.85. The van der Waals surface area contributed by atoms with Crippen molar-refractivity contribution in [3.05, 3.63) is 18.2 Å². The standard InChI is InChI=1S/C15H23NO3/c1-17-12-9-13(18-2)11-14(10-12)19-8-7-15(16)5-3-4-6-15/h9-11H,3-8,16H2,1-2H3. The summed E-state index contributed by atoms with van der Waals surface area (Å²) < 4.78 is 16.2. The first-order chi connectivity index (χ1) is 9.15. The van der Waals surface area contributed by atoms with Gasteiger partial charge in [0.25, 0.3) is 0 Å². The van der Waals surface area contributed by atoms with Crippen LogP contribution >= 0.6 is 0 Å². The maximum absolute atomic E-state index is 6.31. The van der Waals surface area contributed by atoms with E-state index in [1.54, 1.807) is 14.2 Å². The van der Waals surface area contributed by atoms with Crippen LogP contribution in [0.3, 0.4) is 0 Å². The third-order valence-corrected chi connectivity index (χ3v) is 3.79. The lowest BCUT2D eigenvalue weighted by atomic mass is 9.95. The van der Waals surface area contributed by atoms with Crippen molar-refractivity contribution in [3.63, 3.8) is 0 Å². The Morgan fingerprint density at radius 1 is 1.00 bits per heavy atom. The lowest BCUT2D eigenvalue weighted by Crippen LogP contribution is -2.37. The lowest BCUT2D eigenvalue weighted by molar-refractivity contribution is 0.256. The Labute approximate surface area is 114 Å². The fraction of sp³-hybridized carbons (Fsp3) is 0.600. The minimum Gasteiger partial charge on any atom is -0.496 e. The third kappa shape index (κ3) is 3.77. The smallest absolute Gasteiger partial charge is 0.126 e. The fourth-order valence-electron chi connectivity index (χ4n) is 2.57. The van der Waals surface area contributed by atoms with Gasteiger partial charge in [0.05, 0.1) is 20.8 Å². The van der Waals surface area contributed by atoms with E-state index in [2.05, 4.69) is 0 Å². The molecule has 1 fully saturated rings. The van der Waals surface area contributed by atoms with Crippen molar-refractivity contribution in [2.75, 3.05) is 20.8 Å². The van der Waals surface area contributed by atoms with E-state index >= 15 is 0 Å². The molecule has 2 N–H and O–H groups in total. The molecule has 1 saturated carbocycles. The molecule has 0 aliphatic heterocycles. The van der Waals surface area contributed by atoms with E-state index in [9.17, 15) is 0 Å². The number of methoxy groups -OCH3 is 2. The number of hydrogen-bond acceptors (Lipinski definition) is 4. The first-order valence-corrected chi connectivity index (χ1v) is 6.80. The highest BCUT2D eigenvalue weighted by Gasteiger charge is 2.28. The minimum absolute atomic E-state index is 0.0248. The molecule has 2 rings (SSSR count). The summed E-state index contributed by atoms with van der Waals surface area (Å²) in [6.45, 7) is 0.632. The van der Waals surface area contributed by atoms with E-state index in [-0.39, 0.29) is 5.54 Å². The molecule has 4 nitrogen and oxygen atoms in total. The highest BCUT2D eigenvalue weighted by Crippen LogP contribution is 2.31. The quantitative estimate of drug-likeness (QED) is 0.859. The molecule has 4 heteroatoms. The van der Waals surface area contributed by atoms with Gasteiger partial charge in [-0.3, -0.25) is 0 Å². The fourth-order valence-corrected chi connectivity index (χ4v) is 2.57. The molecule has 0 spiro atoms. The van der Waals surface area contributed by atoms with Crippen LogP contribution in [-0.4, -0.2) is 26.4 Å². The van der Waals surface area contributed by atoms with Crippen LogP contribution in [0.25, 0.3) is 0 Å². The second-order valence-corrected chi connectivity index (χ2v) is 5.22. The van der Waals surface area contributed by atoms with Crippen molar-refractivity contribution >= 4 is 0 Å². The number of rotatable bonds is 6. The Bertz CT molecular complexity index is 392. The van der Waals surface area contributed by atoms with Crippen LogP contribution in [0.2, 0.25) is 0 Å². The molecule has 19 heavy (non-hydrogen) atoms. The average molecular weight is 265 g/mol. The second-order valence-electron chi connectivity index (χ2n) is 5.22. The zero-order valence-corrected chi connectivity index (χ0v) is 11.8. The van der Waals surface area contributed by atoms with Crippen LogP contribution < -0.4 is 19.9 Å². The predicted molar refractivity (Wildman–Crippen MR) is 75.0 cm³/mol. The Balaban J connectivity index is 1.91. The van der Waals surface area contributed by atoms with Crippen molar-refractivity contribution in [2.45, 2.75) is 37.6 Å². The molecule has 0 radical (unpaired) electrons. The molecule has 1 aromatic rings. The van der Waals surface area contributed by atoms with E-state index in [0.29, 0.717) is 6.61 Å². The van der Waals surface area contributed by atoms with E-state index in [0.717, 1.165) is 36.5 Å². The van der Waals surface area contributed by atoms with Gasteiger partial charge < -0.3 is 19.9 Å². The molecule has 106 valence electrons. The maximum atomic E-state index is 6.31. The van der Waals surface area contributed by atoms with Crippen molar-refractivity contribution in [1.82, 2.24) is 0 Å². The number of ether oxygens (including phenoxy) is 3. The van der Waals surface area contributed by atoms with Crippen LogP contribution in [0, 0.1) is 0 Å². The zero-order chi connectivity index (χ0) is 13.7. The molecule has 1 aliphatic rings. The number of hydrogen-bond donors (Lipinski definition) is 1. The molecule has 0 aromatic heterocycles. The largest absolute Gasteiger partial charge is 0.496 e. The van der Waals surface area contributed by atoms with Gasteiger partial charge in [0.1, 0.15) is 17.2 Å². The summed E-state index contributed by atoms with van der Waals surface area (Å²) in [5.41, 5.74) is 6.28. The van der Waals surface area contributed by atoms with Gasteiger partial charge in [-0.15, -0.1) is 0 Å². The lowest BCUT2D eigenvalue weighted by Gasteiger charge is -2.23. The monoisotopic (exact) mass is 265 g/mol. The molecule has 0 amide bonds. The van der Waals surface area contributed by atoms with Crippen molar-refractivity contribution < 1.29 is 14.2 Å². The Morgan fingerprint density at radius 3 is 2.05 bits per heavy atom. The summed E-state index contributed by atoms with van der Waals surface area (Å²) in [5.74, 6) is 2.23. The van der Waals surface area contributed by atoms with Crippen LogP contribution in [0.5, 0.6) is 17.2 Å². The zero-order valence-electron chi connectivity index (χ0n) is 11.8. The summed E-state index contributed by atoms with van der Waals surface area (Å²) in [5, 5.41) is 0. The van der Waals surface area contributed by atoms with E-state index in [1.807, 2.05) is 18.2 Å². The number of benzene rings is 1. The van der Waals surface area contributed by atoms with Crippen LogP contribution in [0.1, 0.15) is 32.1 Å². The van der Waals surface area contributed by atoms with Gasteiger partial charge in [-0.25, -0.2) is 0 Å². The molecule has 0 unspecified atom stereocenters. The maximum Gasteiger partial charge on any atom is 0.126 e. The molecule has 0 bridgehead atoms. The normalized spacial score (nSPS) is 17.2. The Morgan fingerprint density at radius 2 is 1.53 bits per heavy atom. The first-order valence-electron chi connectivity index (χ1n) is 6.80. The molecule has 0 atom stereocenters. The van der Waals surface area contributed by atoms with E-state index in [1.165, 1.54) is 12.8 Å². The summed E-state index contributed by atoms with van der Waals surface area (Å²) in [4.78, 5) is 0. The Kier molecular flexibility index (Phi) is 4.53. The van der Waals surface area contributed by atoms with Crippen LogP contribution in [-0.2, 0) is 0 Å². The summed E-state index contributed by atoms with van der Waals surface area (Å²) in [6, 6.07) is 5.55.